The van der Waals surface area contributed by atoms with E-state index in [2.05, 4.69) is 15.9 Å². The van der Waals surface area contributed by atoms with Gasteiger partial charge >= 0.3 is 0 Å². The van der Waals surface area contributed by atoms with Crippen molar-refractivity contribution in [2.24, 2.45) is 0 Å². The van der Waals surface area contributed by atoms with Crippen LogP contribution < -0.4 is 4.74 Å². The zero-order chi connectivity index (χ0) is 10.7. The second-order valence-corrected chi connectivity index (χ2v) is 4.68. The summed E-state index contributed by atoms with van der Waals surface area (Å²) < 4.78 is 6.61. The van der Waals surface area contributed by atoms with Crippen molar-refractivity contribution in [1.82, 2.24) is 0 Å². The van der Waals surface area contributed by atoms with Gasteiger partial charge in [0.1, 0.15) is 5.75 Å². The Balaban J connectivity index is 2.10. The molecule has 0 unspecified atom stereocenters. The highest BCUT2D eigenvalue weighted by Crippen LogP contribution is 2.26. The second kappa shape index (κ2) is 4.79. The maximum atomic E-state index is 10.7. The van der Waals surface area contributed by atoms with Gasteiger partial charge in [-0.05, 0) is 43.9 Å². The molecule has 0 atom stereocenters. The maximum absolute atomic E-state index is 10.7. The third-order valence-electron chi connectivity index (χ3n) is 2.70. The molecule has 0 aliphatic heterocycles. The molecule has 80 valence electrons. The summed E-state index contributed by atoms with van der Waals surface area (Å²) in [6.45, 7) is 0. The molecule has 0 aromatic heterocycles. The van der Waals surface area contributed by atoms with Crippen LogP contribution in [0.4, 0.5) is 0 Å². The van der Waals surface area contributed by atoms with Gasteiger partial charge in [0.25, 0.3) is 0 Å². The van der Waals surface area contributed by atoms with Gasteiger partial charge in [0, 0.05) is 10.0 Å². The smallest absolute Gasteiger partial charge is 0.151 e. The lowest BCUT2D eigenvalue weighted by Gasteiger charge is -2.13. The maximum Gasteiger partial charge on any atom is 0.151 e. The Labute approximate surface area is 97.8 Å². The molecular weight excluding hydrogens is 256 g/mol. The van der Waals surface area contributed by atoms with Crippen LogP contribution in [0, 0.1) is 0 Å². The fourth-order valence-corrected chi connectivity index (χ4v) is 2.22. The quantitative estimate of drug-likeness (QED) is 0.784. The number of carbonyl (C=O) groups is 1. The van der Waals surface area contributed by atoms with Crippen molar-refractivity contribution in [3.63, 3.8) is 0 Å². The zero-order valence-electron chi connectivity index (χ0n) is 8.41. The minimum atomic E-state index is 0.339. The molecule has 1 aromatic rings. The Bertz CT molecular complexity index is 357. The first-order valence-corrected chi connectivity index (χ1v) is 6.00. The lowest BCUT2D eigenvalue weighted by atomic mass is 10.2. The van der Waals surface area contributed by atoms with Gasteiger partial charge in [-0.3, -0.25) is 4.79 Å². The topological polar surface area (TPSA) is 26.3 Å². The zero-order valence-corrected chi connectivity index (χ0v) is 10.00. The number of carbonyl (C=O) groups excluding carboxylic acids is 1. The van der Waals surface area contributed by atoms with Crippen LogP contribution in [0.5, 0.6) is 5.75 Å². The molecule has 1 aliphatic carbocycles. The van der Waals surface area contributed by atoms with Crippen LogP contribution in [0.1, 0.15) is 36.0 Å². The number of aldehydes is 1. The number of hydrogen-bond donors (Lipinski definition) is 0. The number of ether oxygens (including phenoxy) is 1. The van der Waals surface area contributed by atoms with E-state index in [0.717, 1.165) is 29.4 Å². The summed E-state index contributed by atoms with van der Waals surface area (Å²) in [5, 5.41) is 0. The molecule has 0 heterocycles. The Morgan fingerprint density at radius 2 is 2.07 bits per heavy atom. The Morgan fingerprint density at radius 3 is 2.73 bits per heavy atom. The molecule has 2 nitrogen and oxygen atoms in total. The van der Waals surface area contributed by atoms with Gasteiger partial charge < -0.3 is 4.74 Å². The number of hydrogen-bond acceptors (Lipinski definition) is 2. The molecule has 2 rings (SSSR count). The molecule has 3 heteroatoms. The molecule has 1 aromatic carbocycles. The summed E-state index contributed by atoms with van der Waals surface area (Å²) in [6, 6.07) is 5.54. The lowest BCUT2D eigenvalue weighted by Crippen LogP contribution is -2.10. The van der Waals surface area contributed by atoms with Crippen molar-refractivity contribution in [3.05, 3.63) is 28.2 Å². The minimum Gasteiger partial charge on any atom is -0.490 e. The predicted molar refractivity (Wildman–Crippen MR) is 62.4 cm³/mol. The van der Waals surface area contributed by atoms with Crippen LogP contribution in [-0.2, 0) is 0 Å². The molecule has 1 saturated carbocycles. The summed E-state index contributed by atoms with van der Waals surface area (Å²) in [5.41, 5.74) is 0.644. The summed E-state index contributed by atoms with van der Waals surface area (Å²) >= 11 is 3.32. The monoisotopic (exact) mass is 268 g/mol. The third kappa shape index (κ3) is 2.59. The first kappa shape index (κ1) is 10.7. The normalized spacial score (nSPS) is 16.6. The van der Waals surface area contributed by atoms with Crippen LogP contribution in [0.15, 0.2) is 22.7 Å². The van der Waals surface area contributed by atoms with Crippen molar-refractivity contribution >= 4 is 22.2 Å². The van der Waals surface area contributed by atoms with Gasteiger partial charge in [-0.2, -0.15) is 0 Å². The molecule has 0 saturated heterocycles. The van der Waals surface area contributed by atoms with Gasteiger partial charge in [0.2, 0.25) is 0 Å². The molecule has 0 radical (unpaired) electrons. The summed E-state index contributed by atoms with van der Waals surface area (Å²) in [4.78, 5) is 10.7. The minimum absolute atomic E-state index is 0.339. The van der Waals surface area contributed by atoms with Gasteiger partial charge in [-0.15, -0.1) is 0 Å². The summed E-state index contributed by atoms with van der Waals surface area (Å²) in [7, 11) is 0. The lowest BCUT2D eigenvalue weighted by molar-refractivity contribution is 0.112. The van der Waals surface area contributed by atoms with Crippen molar-refractivity contribution < 1.29 is 9.53 Å². The van der Waals surface area contributed by atoms with E-state index in [0.29, 0.717) is 11.7 Å². The summed E-state index contributed by atoms with van der Waals surface area (Å²) in [6.07, 6.45) is 5.94. The Kier molecular flexibility index (Phi) is 3.41. The average molecular weight is 269 g/mol. The molecule has 0 bridgehead atoms. The molecule has 0 amide bonds. The van der Waals surface area contributed by atoms with Crippen LogP contribution in [0.25, 0.3) is 0 Å². The molecular formula is C12H13BrO2. The molecule has 1 fully saturated rings. The van der Waals surface area contributed by atoms with Crippen molar-refractivity contribution in [2.75, 3.05) is 0 Å². The SMILES string of the molecule is O=Cc1cc(OC2CCCC2)ccc1Br. The molecule has 0 N–H and O–H groups in total. The summed E-state index contributed by atoms with van der Waals surface area (Å²) in [5.74, 6) is 0.798. The van der Waals surface area contributed by atoms with Crippen molar-refractivity contribution in [3.8, 4) is 5.75 Å². The van der Waals surface area contributed by atoms with Gasteiger partial charge in [-0.25, -0.2) is 0 Å². The Hall–Kier alpha value is -0.830. The highest BCUT2D eigenvalue weighted by Gasteiger charge is 2.16. The predicted octanol–water partition coefficient (Wildman–Crippen LogP) is 3.58. The molecule has 1 aliphatic rings. The third-order valence-corrected chi connectivity index (χ3v) is 3.42. The van der Waals surface area contributed by atoms with Crippen LogP contribution >= 0.6 is 15.9 Å². The van der Waals surface area contributed by atoms with Gasteiger partial charge in [-0.1, -0.05) is 15.9 Å². The van der Waals surface area contributed by atoms with E-state index in [9.17, 15) is 4.79 Å². The van der Waals surface area contributed by atoms with E-state index in [1.165, 1.54) is 12.8 Å². The molecule has 15 heavy (non-hydrogen) atoms. The van der Waals surface area contributed by atoms with Gasteiger partial charge in [0.15, 0.2) is 6.29 Å². The fourth-order valence-electron chi connectivity index (χ4n) is 1.88. The van der Waals surface area contributed by atoms with E-state index in [1.54, 1.807) is 6.07 Å². The van der Waals surface area contributed by atoms with Gasteiger partial charge in [0.05, 0.1) is 6.10 Å². The number of rotatable bonds is 3. The highest BCUT2D eigenvalue weighted by molar-refractivity contribution is 9.10. The van der Waals surface area contributed by atoms with E-state index < -0.39 is 0 Å². The van der Waals surface area contributed by atoms with E-state index >= 15 is 0 Å². The van der Waals surface area contributed by atoms with Crippen molar-refractivity contribution in [1.29, 1.82) is 0 Å². The van der Waals surface area contributed by atoms with E-state index in [-0.39, 0.29) is 0 Å². The largest absolute Gasteiger partial charge is 0.490 e. The van der Waals surface area contributed by atoms with Crippen LogP contribution in [0.3, 0.4) is 0 Å². The second-order valence-electron chi connectivity index (χ2n) is 3.83. The number of halogens is 1. The Morgan fingerprint density at radius 1 is 1.33 bits per heavy atom. The van der Waals surface area contributed by atoms with E-state index in [4.69, 9.17) is 4.74 Å². The standard InChI is InChI=1S/C12H13BrO2/c13-12-6-5-11(7-9(12)8-14)15-10-3-1-2-4-10/h5-8,10H,1-4H2. The first-order valence-electron chi connectivity index (χ1n) is 5.21. The average Bonchev–Trinajstić information content (AvgIpc) is 2.73. The first-order chi connectivity index (χ1) is 7.29. The van der Waals surface area contributed by atoms with E-state index in [1.807, 2.05) is 12.1 Å². The van der Waals surface area contributed by atoms with Crippen LogP contribution in [-0.4, -0.2) is 12.4 Å². The van der Waals surface area contributed by atoms with Crippen LogP contribution in [0.2, 0.25) is 0 Å². The fraction of sp³-hybridized carbons (Fsp3) is 0.417. The molecule has 0 spiro atoms. The number of benzene rings is 1. The highest BCUT2D eigenvalue weighted by atomic mass is 79.9. The van der Waals surface area contributed by atoms with Crippen molar-refractivity contribution in [2.45, 2.75) is 31.8 Å².